The molecule has 0 bridgehead atoms. The molecule has 74 valence electrons. The van der Waals surface area contributed by atoms with E-state index in [1.807, 2.05) is 0 Å². The Morgan fingerprint density at radius 3 is 2.46 bits per heavy atom. The van der Waals surface area contributed by atoms with Gasteiger partial charge in [0.15, 0.2) is 0 Å². The van der Waals surface area contributed by atoms with Crippen molar-refractivity contribution in [1.82, 2.24) is 10.6 Å². The number of carbonyl (C=O) groups excluding carboxylic acids is 2. The molecule has 3 amide bonds. The highest BCUT2D eigenvalue weighted by Gasteiger charge is 2.30. The fourth-order valence-corrected chi connectivity index (χ4v) is 1.35. The molecule has 0 spiro atoms. The lowest BCUT2D eigenvalue weighted by molar-refractivity contribution is -0.121. The van der Waals surface area contributed by atoms with Crippen molar-refractivity contribution in [2.45, 2.75) is 27.2 Å². The van der Waals surface area contributed by atoms with E-state index in [2.05, 4.69) is 31.4 Å². The number of carbonyl (C=O) groups is 2. The van der Waals surface area contributed by atoms with Crippen molar-refractivity contribution in [2.75, 3.05) is 6.54 Å². The van der Waals surface area contributed by atoms with Crippen LogP contribution in [0.3, 0.4) is 0 Å². The van der Waals surface area contributed by atoms with Crippen molar-refractivity contribution in [3.8, 4) is 0 Å². The Hall–Kier alpha value is -1.06. The van der Waals surface area contributed by atoms with Gasteiger partial charge in [-0.15, -0.1) is 0 Å². The zero-order valence-corrected chi connectivity index (χ0v) is 8.31. The lowest BCUT2D eigenvalue weighted by atomic mass is 9.79. The highest BCUT2D eigenvalue weighted by molar-refractivity contribution is 5.95. The maximum Gasteiger partial charge on any atom is 0.321 e. The van der Waals surface area contributed by atoms with E-state index in [0.717, 1.165) is 0 Å². The minimum Gasteiger partial charge on any atom is -0.337 e. The zero-order chi connectivity index (χ0) is 10.1. The summed E-state index contributed by atoms with van der Waals surface area (Å²) in [4.78, 5) is 22.1. The predicted octanol–water partition coefficient (Wildman–Crippen LogP) is 0.878. The van der Waals surface area contributed by atoms with Gasteiger partial charge in [-0.1, -0.05) is 20.8 Å². The van der Waals surface area contributed by atoms with Crippen molar-refractivity contribution >= 4 is 11.9 Å². The highest BCUT2D eigenvalue weighted by atomic mass is 16.2. The van der Waals surface area contributed by atoms with Gasteiger partial charge in [-0.25, -0.2) is 4.79 Å². The average Bonchev–Trinajstić information content (AvgIpc) is 2.09. The van der Waals surface area contributed by atoms with Gasteiger partial charge in [0.25, 0.3) is 0 Å². The quantitative estimate of drug-likeness (QED) is 0.587. The van der Waals surface area contributed by atoms with Gasteiger partial charge in [-0.05, 0) is 11.3 Å². The summed E-state index contributed by atoms with van der Waals surface area (Å²) in [6.45, 7) is 6.79. The van der Waals surface area contributed by atoms with Crippen molar-refractivity contribution < 1.29 is 9.59 Å². The van der Waals surface area contributed by atoms with Gasteiger partial charge >= 0.3 is 6.03 Å². The summed E-state index contributed by atoms with van der Waals surface area (Å²) < 4.78 is 0. The smallest absolute Gasteiger partial charge is 0.321 e. The van der Waals surface area contributed by atoms with E-state index in [1.54, 1.807) is 0 Å². The number of nitrogens with one attached hydrogen (secondary N) is 2. The van der Waals surface area contributed by atoms with Gasteiger partial charge < -0.3 is 5.32 Å². The molecule has 0 radical (unpaired) electrons. The number of urea groups is 1. The molecule has 1 atom stereocenters. The summed E-state index contributed by atoms with van der Waals surface area (Å²) in [6.07, 6.45) is 0.419. The monoisotopic (exact) mass is 184 g/mol. The Balaban J connectivity index is 2.69. The van der Waals surface area contributed by atoms with E-state index in [-0.39, 0.29) is 23.3 Å². The average molecular weight is 184 g/mol. The minimum atomic E-state index is -0.378. The summed E-state index contributed by atoms with van der Waals surface area (Å²) in [5.74, 6) is 0.0221. The van der Waals surface area contributed by atoms with E-state index in [1.165, 1.54) is 0 Å². The molecule has 0 aromatic heterocycles. The van der Waals surface area contributed by atoms with Crippen LogP contribution in [-0.4, -0.2) is 18.5 Å². The van der Waals surface area contributed by atoms with E-state index in [0.29, 0.717) is 13.0 Å². The van der Waals surface area contributed by atoms with Gasteiger partial charge in [-0.3, -0.25) is 10.1 Å². The molecule has 13 heavy (non-hydrogen) atoms. The largest absolute Gasteiger partial charge is 0.337 e. The van der Waals surface area contributed by atoms with Crippen molar-refractivity contribution in [3.05, 3.63) is 0 Å². The second-order valence-electron chi connectivity index (χ2n) is 4.53. The lowest BCUT2D eigenvalue weighted by Crippen LogP contribution is -2.36. The Kier molecular flexibility index (Phi) is 2.59. The van der Waals surface area contributed by atoms with Gasteiger partial charge in [0.2, 0.25) is 5.91 Å². The molecule has 0 aromatic carbocycles. The van der Waals surface area contributed by atoms with Gasteiger partial charge in [0.1, 0.15) is 0 Å². The fourth-order valence-electron chi connectivity index (χ4n) is 1.35. The fraction of sp³-hybridized carbons (Fsp3) is 0.778. The van der Waals surface area contributed by atoms with Crippen LogP contribution in [0.5, 0.6) is 0 Å². The van der Waals surface area contributed by atoms with Crippen molar-refractivity contribution in [3.63, 3.8) is 0 Å². The number of amides is 3. The third-order valence-electron chi connectivity index (χ3n) is 2.42. The maximum atomic E-state index is 11.2. The topological polar surface area (TPSA) is 58.2 Å². The first-order chi connectivity index (χ1) is 5.89. The first-order valence-electron chi connectivity index (χ1n) is 4.47. The molecule has 4 nitrogen and oxygen atoms in total. The minimum absolute atomic E-state index is 0.0506. The SMILES string of the molecule is CC(C)(C)C1CNC(=O)NC(=O)C1. The number of hydrogen-bond donors (Lipinski definition) is 2. The molecule has 1 aliphatic rings. The standard InChI is InChI=1S/C9H16N2O2/c1-9(2,3)6-4-7(12)11-8(13)10-5-6/h6H,4-5H2,1-3H3,(H2,10,11,12,13). The molecule has 2 N–H and O–H groups in total. The summed E-state index contributed by atoms with van der Waals surface area (Å²) in [5.41, 5.74) is 0.0506. The Bertz CT molecular complexity index is 230. The van der Waals surface area contributed by atoms with Crippen LogP contribution < -0.4 is 10.6 Å². The van der Waals surface area contributed by atoms with Crippen LogP contribution >= 0.6 is 0 Å². The van der Waals surface area contributed by atoms with Gasteiger partial charge in [0, 0.05) is 13.0 Å². The molecule has 0 aromatic rings. The molecule has 1 rings (SSSR count). The summed E-state index contributed by atoms with van der Waals surface area (Å²) in [6, 6.07) is -0.378. The van der Waals surface area contributed by atoms with Crippen LogP contribution in [0.15, 0.2) is 0 Å². The Labute approximate surface area is 78.1 Å². The van der Waals surface area contributed by atoms with E-state index in [4.69, 9.17) is 0 Å². The van der Waals surface area contributed by atoms with Gasteiger partial charge in [0.05, 0.1) is 0 Å². The lowest BCUT2D eigenvalue weighted by Gasteiger charge is -2.28. The molecule has 4 heteroatoms. The third-order valence-corrected chi connectivity index (χ3v) is 2.42. The van der Waals surface area contributed by atoms with Crippen LogP contribution in [0.1, 0.15) is 27.2 Å². The maximum absolute atomic E-state index is 11.2. The molecular formula is C9H16N2O2. The third kappa shape index (κ3) is 2.72. The van der Waals surface area contributed by atoms with Crippen LogP contribution in [0, 0.1) is 11.3 Å². The predicted molar refractivity (Wildman–Crippen MR) is 49.1 cm³/mol. The van der Waals surface area contributed by atoms with E-state index >= 15 is 0 Å². The summed E-state index contributed by atoms with van der Waals surface area (Å²) in [5, 5.41) is 4.92. The molecule has 1 saturated heterocycles. The molecule has 1 heterocycles. The second kappa shape index (κ2) is 3.36. The van der Waals surface area contributed by atoms with Crippen molar-refractivity contribution in [1.29, 1.82) is 0 Å². The number of imide groups is 1. The normalized spacial score (nSPS) is 24.7. The van der Waals surface area contributed by atoms with Crippen LogP contribution in [0.4, 0.5) is 4.79 Å². The summed E-state index contributed by atoms with van der Waals surface area (Å²) in [7, 11) is 0. The van der Waals surface area contributed by atoms with Gasteiger partial charge in [-0.2, -0.15) is 0 Å². The molecule has 1 unspecified atom stereocenters. The zero-order valence-electron chi connectivity index (χ0n) is 8.31. The molecular weight excluding hydrogens is 168 g/mol. The molecule has 1 aliphatic heterocycles. The number of rotatable bonds is 0. The summed E-state index contributed by atoms with van der Waals surface area (Å²) >= 11 is 0. The molecule has 0 saturated carbocycles. The van der Waals surface area contributed by atoms with E-state index in [9.17, 15) is 9.59 Å². The molecule has 0 aliphatic carbocycles. The Morgan fingerprint density at radius 1 is 1.31 bits per heavy atom. The Morgan fingerprint density at radius 2 is 1.92 bits per heavy atom. The van der Waals surface area contributed by atoms with Crippen molar-refractivity contribution in [2.24, 2.45) is 11.3 Å². The first kappa shape index (κ1) is 10.0. The van der Waals surface area contributed by atoms with Crippen LogP contribution in [0.2, 0.25) is 0 Å². The number of hydrogen-bond acceptors (Lipinski definition) is 2. The second-order valence-corrected chi connectivity index (χ2v) is 4.53. The van der Waals surface area contributed by atoms with E-state index < -0.39 is 0 Å². The first-order valence-corrected chi connectivity index (χ1v) is 4.47. The van der Waals surface area contributed by atoms with Crippen LogP contribution in [-0.2, 0) is 4.79 Å². The highest BCUT2D eigenvalue weighted by Crippen LogP contribution is 2.28. The molecule has 1 fully saturated rings. The van der Waals surface area contributed by atoms with Crippen LogP contribution in [0.25, 0.3) is 0 Å².